The van der Waals surface area contributed by atoms with Gasteiger partial charge in [0.05, 0.1) is 31.4 Å². The predicted octanol–water partition coefficient (Wildman–Crippen LogP) is 0.918. The molecule has 0 spiro atoms. The van der Waals surface area contributed by atoms with E-state index in [0.29, 0.717) is 31.0 Å². The maximum Gasteiger partial charge on any atom is 0.335 e. The molecule has 7 heteroatoms. The number of aromatic carboxylic acids is 1. The lowest BCUT2D eigenvalue weighted by Gasteiger charge is -2.34. The van der Waals surface area contributed by atoms with Crippen LogP contribution in [0.3, 0.4) is 0 Å². The van der Waals surface area contributed by atoms with E-state index in [1.54, 1.807) is 13.0 Å². The van der Waals surface area contributed by atoms with Crippen molar-refractivity contribution in [2.75, 3.05) is 31.7 Å². The van der Waals surface area contributed by atoms with Crippen LogP contribution in [0.15, 0.2) is 18.2 Å². The van der Waals surface area contributed by atoms with Crippen LogP contribution in [0.25, 0.3) is 0 Å². The topological polar surface area (TPSA) is 99.1 Å². The summed E-state index contributed by atoms with van der Waals surface area (Å²) in [6, 6.07) is 3.81. The third kappa shape index (κ3) is 3.50. The van der Waals surface area contributed by atoms with Gasteiger partial charge < -0.3 is 25.2 Å². The summed E-state index contributed by atoms with van der Waals surface area (Å²) in [7, 11) is 0. The summed E-state index contributed by atoms with van der Waals surface area (Å²) in [4.78, 5) is 24.6. The summed E-state index contributed by atoms with van der Waals surface area (Å²) in [5.74, 6) is -1.01. The molecule has 1 aliphatic rings. The van der Waals surface area contributed by atoms with Gasteiger partial charge in [0, 0.05) is 12.2 Å². The molecule has 0 radical (unpaired) electrons. The van der Waals surface area contributed by atoms with E-state index in [-0.39, 0.29) is 24.2 Å². The average Bonchev–Trinajstić information content (AvgIpc) is 2.48. The number of aliphatic hydroxyl groups is 1. The maximum absolute atomic E-state index is 12.2. The van der Waals surface area contributed by atoms with Gasteiger partial charge in [0.15, 0.2) is 0 Å². The highest BCUT2D eigenvalue weighted by molar-refractivity contribution is 5.92. The summed E-state index contributed by atoms with van der Waals surface area (Å²) in [5.41, 5.74) is 1.38. The first kappa shape index (κ1) is 15.3. The number of carbonyl (C=O) groups excluding carboxylic acids is 1. The van der Waals surface area contributed by atoms with Crippen LogP contribution >= 0.6 is 0 Å². The Morgan fingerprint density at radius 3 is 2.86 bits per heavy atom. The number of hydrogen-bond donors (Lipinski definition) is 3. The SMILES string of the molecule is Cc1cc(C(=O)O)ccc1NC(=O)N1CCOCC1CO. The van der Waals surface area contributed by atoms with Crippen LogP contribution in [0.1, 0.15) is 15.9 Å². The Morgan fingerprint density at radius 1 is 1.48 bits per heavy atom. The third-order valence-corrected chi connectivity index (χ3v) is 3.41. The minimum absolute atomic E-state index is 0.162. The van der Waals surface area contributed by atoms with Crippen LogP contribution in [0, 0.1) is 6.92 Å². The molecule has 0 saturated carbocycles. The zero-order valence-corrected chi connectivity index (χ0v) is 11.7. The van der Waals surface area contributed by atoms with Crippen LogP contribution in [-0.4, -0.2) is 59.5 Å². The molecule has 1 aliphatic heterocycles. The smallest absolute Gasteiger partial charge is 0.335 e. The van der Waals surface area contributed by atoms with Gasteiger partial charge in [-0.2, -0.15) is 0 Å². The summed E-state index contributed by atoms with van der Waals surface area (Å²) in [6.45, 7) is 2.71. The number of benzene rings is 1. The molecule has 114 valence electrons. The number of carboxylic acids is 1. The van der Waals surface area contributed by atoms with Gasteiger partial charge in [-0.25, -0.2) is 9.59 Å². The molecule has 3 N–H and O–H groups in total. The lowest BCUT2D eigenvalue weighted by molar-refractivity contribution is -0.00485. The van der Waals surface area contributed by atoms with Crippen molar-refractivity contribution in [1.82, 2.24) is 4.90 Å². The molecule has 1 saturated heterocycles. The largest absolute Gasteiger partial charge is 0.478 e. The molecule has 0 aliphatic carbocycles. The van der Waals surface area contributed by atoms with E-state index < -0.39 is 5.97 Å². The number of aryl methyl sites for hydroxylation is 1. The molecule has 1 fully saturated rings. The van der Waals surface area contributed by atoms with Gasteiger partial charge in [0.2, 0.25) is 0 Å². The molecular formula is C14H18N2O5. The molecule has 0 aromatic heterocycles. The molecule has 1 unspecified atom stereocenters. The van der Waals surface area contributed by atoms with Crippen molar-refractivity contribution in [2.45, 2.75) is 13.0 Å². The second-order valence-electron chi connectivity index (χ2n) is 4.87. The Bertz CT molecular complexity index is 546. The van der Waals surface area contributed by atoms with Crippen LogP contribution in [0.2, 0.25) is 0 Å². The minimum Gasteiger partial charge on any atom is -0.478 e. The molecule has 1 atom stereocenters. The molecular weight excluding hydrogens is 276 g/mol. The molecule has 0 bridgehead atoms. The molecule has 1 aromatic rings. The number of morpholine rings is 1. The number of nitrogens with zero attached hydrogens (tertiary/aromatic N) is 1. The molecule has 2 amide bonds. The number of hydrogen-bond acceptors (Lipinski definition) is 4. The lowest BCUT2D eigenvalue weighted by atomic mass is 10.1. The monoisotopic (exact) mass is 294 g/mol. The summed E-state index contributed by atoms with van der Waals surface area (Å²) < 4.78 is 5.22. The zero-order chi connectivity index (χ0) is 15.4. The minimum atomic E-state index is -1.01. The van der Waals surface area contributed by atoms with Gasteiger partial charge in [-0.15, -0.1) is 0 Å². The van der Waals surface area contributed by atoms with E-state index in [9.17, 15) is 14.7 Å². The fourth-order valence-electron chi connectivity index (χ4n) is 2.20. The van der Waals surface area contributed by atoms with Crippen molar-refractivity contribution in [3.63, 3.8) is 0 Å². The zero-order valence-electron chi connectivity index (χ0n) is 11.7. The van der Waals surface area contributed by atoms with Crippen LogP contribution in [0.4, 0.5) is 10.5 Å². The van der Waals surface area contributed by atoms with Crippen molar-refractivity contribution in [2.24, 2.45) is 0 Å². The number of rotatable bonds is 3. The predicted molar refractivity (Wildman–Crippen MR) is 75.6 cm³/mol. The van der Waals surface area contributed by atoms with Crippen molar-refractivity contribution in [3.8, 4) is 0 Å². The Hall–Kier alpha value is -2.12. The second kappa shape index (κ2) is 6.55. The van der Waals surface area contributed by atoms with E-state index in [4.69, 9.17) is 9.84 Å². The molecule has 2 rings (SSSR count). The number of amides is 2. The standard InChI is InChI=1S/C14H18N2O5/c1-9-6-10(13(18)19)2-3-12(9)15-14(20)16-4-5-21-8-11(16)7-17/h2-3,6,11,17H,4-5,7-8H2,1H3,(H,15,20)(H,18,19). The highest BCUT2D eigenvalue weighted by Crippen LogP contribution is 2.18. The van der Waals surface area contributed by atoms with E-state index in [1.807, 2.05) is 0 Å². The Labute approximate surface area is 122 Å². The Kier molecular flexibility index (Phi) is 4.77. The van der Waals surface area contributed by atoms with Crippen LogP contribution in [0.5, 0.6) is 0 Å². The fraction of sp³-hybridized carbons (Fsp3) is 0.429. The van der Waals surface area contributed by atoms with Crippen molar-refractivity contribution >= 4 is 17.7 Å². The van der Waals surface area contributed by atoms with Gasteiger partial charge in [-0.3, -0.25) is 0 Å². The normalized spacial score (nSPS) is 18.4. The Morgan fingerprint density at radius 2 is 2.24 bits per heavy atom. The van der Waals surface area contributed by atoms with E-state index in [2.05, 4.69) is 5.32 Å². The molecule has 21 heavy (non-hydrogen) atoms. The summed E-state index contributed by atoms with van der Waals surface area (Å²) in [6.07, 6.45) is 0. The van der Waals surface area contributed by atoms with Gasteiger partial charge in [0.1, 0.15) is 0 Å². The van der Waals surface area contributed by atoms with E-state index in [1.165, 1.54) is 17.0 Å². The number of urea groups is 1. The first-order valence-electron chi connectivity index (χ1n) is 6.63. The number of carboxylic acid groups (broad SMARTS) is 1. The third-order valence-electron chi connectivity index (χ3n) is 3.41. The number of carbonyl (C=O) groups is 2. The summed E-state index contributed by atoms with van der Waals surface area (Å²) in [5, 5.41) is 20.9. The first-order valence-corrected chi connectivity index (χ1v) is 6.63. The molecule has 7 nitrogen and oxygen atoms in total. The van der Waals surface area contributed by atoms with Crippen molar-refractivity contribution in [1.29, 1.82) is 0 Å². The van der Waals surface area contributed by atoms with Gasteiger partial charge in [-0.05, 0) is 30.7 Å². The lowest BCUT2D eigenvalue weighted by Crippen LogP contribution is -2.52. The van der Waals surface area contributed by atoms with E-state index >= 15 is 0 Å². The van der Waals surface area contributed by atoms with Crippen molar-refractivity contribution < 1.29 is 24.5 Å². The number of aliphatic hydroxyl groups excluding tert-OH is 1. The average molecular weight is 294 g/mol. The highest BCUT2D eigenvalue weighted by Gasteiger charge is 2.27. The molecule has 1 aromatic carbocycles. The second-order valence-corrected chi connectivity index (χ2v) is 4.87. The van der Waals surface area contributed by atoms with Crippen LogP contribution in [-0.2, 0) is 4.74 Å². The highest BCUT2D eigenvalue weighted by atomic mass is 16.5. The molecule has 1 heterocycles. The van der Waals surface area contributed by atoms with E-state index in [0.717, 1.165) is 0 Å². The number of ether oxygens (including phenoxy) is 1. The van der Waals surface area contributed by atoms with Gasteiger partial charge >= 0.3 is 12.0 Å². The number of anilines is 1. The quantitative estimate of drug-likeness (QED) is 0.770. The Balaban J connectivity index is 2.10. The number of nitrogens with one attached hydrogen (secondary N) is 1. The fourth-order valence-corrected chi connectivity index (χ4v) is 2.20. The first-order chi connectivity index (χ1) is 10.0. The maximum atomic E-state index is 12.2. The summed E-state index contributed by atoms with van der Waals surface area (Å²) >= 11 is 0. The van der Waals surface area contributed by atoms with Gasteiger partial charge in [-0.1, -0.05) is 0 Å². The van der Waals surface area contributed by atoms with Gasteiger partial charge in [0.25, 0.3) is 0 Å². The van der Waals surface area contributed by atoms with Crippen LogP contribution < -0.4 is 5.32 Å². The van der Waals surface area contributed by atoms with Crippen molar-refractivity contribution in [3.05, 3.63) is 29.3 Å².